The monoisotopic (exact) mass is 124 g/mol. The van der Waals surface area contributed by atoms with Crippen LogP contribution in [-0.4, -0.2) is 32.1 Å². The summed E-state index contributed by atoms with van der Waals surface area (Å²) in [5.74, 6) is 0. The van der Waals surface area contributed by atoms with E-state index in [0.717, 1.165) is 7.48 Å². The van der Waals surface area contributed by atoms with Gasteiger partial charge in [-0.3, -0.25) is 4.99 Å². The molecule has 0 aromatic rings. The largest absolute Gasteiger partial charge is 0.450 e. The Bertz CT molecular complexity index is 155. The maximum Gasteiger partial charge on any atom is 0.328 e. The van der Waals surface area contributed by atoms with Crippen molar-refractivity contribution in [3.05, 3.63) is 11.5 Å². The Morgan fingerprint density at radius 2 is 2.67 bits per heavy atom. The number of ether oxygens (including phenoxy) is 1. The van der Waals surface area contributed by atoms with Crippen molar-refractivity contribution in [2.45, 2.75) is 6.23 Å². The van der Waals surface area contributed by atoms with Crippen LogP contribution in [0.4, 0.5) is 0 Å². The maximum atomic E-state index is 8.44. The van der Waals surface area contributed by atoms with Gasteiger partial charge in [-0.05, 0) is 11.5 Å². The van der Waals surface area contributed by atoms with Gasteiger partial charge < -0.3 is 9.76 Å². The highest BCUT2D eigenvalue weighted by molar-refractivity contribution is 6.45. The van der Waals surface area contributed by atoms with Crippen molar-refractivity contribution in [3.8, 4) is 0 Å². The molecule has 1 unspecified atom stereocenters. The molecule has 0 saturated carbocycles. The summed E-state index contributed by atoms with van der Waals surface area (Å²) in [4.78, 5) is 3.88. The fraction of sp³-hybridized carbons (Fsp3) is 0.400. The molecule has 1 aliphatic heterocycles. The molecule has 0 saturated heterocycles. The number of aliphatic imine (C=N–C) groups is 1. The molecule has 1 heterocycles. The number of hydrogen-bond donors (Lipinski definition) is 1. The van der Waals surface area contributed by atoms with Gasteiger partial charge in [0.25, 0.3) is 0 Å². The standard InChI is InChI=1S/C5H7BNO2/c1-9-5-2-4(6-8)3-7-5/h2-3,5,8H,1H3. The van der Waals surface area contributed by atoms with E-state index in [-0.39, 0.29) is 6.23 Å². The molecule has 9 heavy (non-hydrogen) atoms. The van der Waals surface area contributed by atoms with Crippen molar-refractivity contribution >= 4 is 13.7 Å². The van der Waals surface area contributed by atoms with Crippen molar-refractivity contribution in [1.82, 2.24) is 0 Å². The van der Waals surface area contributed by atoms with Crippen LogP contribution in [0, 0.1) is 0 Å². The summed E-state index contributed by atoms with van der Waals surface area (Å²) < 4.78 is 4.84. The van der Waals surface area contributed by atoms with E-state index < -0.39 is 0 Å². The third-order valence-corrected chi connectivity index (χ3v) is 1.10. The van der Waals surface area contributed by atoms with E-state index in [0.29, 0.717) is 5.47 Å². The summed E-state index contributed by atoms with van der Waals surface area (Å²) in [5.41, 5.74) is 0.696. The second-order valence-corrected chi connectivity index (χ2v) is 1.70. The summed E-state index contributed by atoms with van der Waals surface area (Å²) in [5, 5.41) is 8.44. The average molecular weight is 124 g/mol. The predicted molar refractivity (Wildman–Crippen MR) is 35.3 cm³/mol. The summed E-state index contributed by atoms with van der Waals surface area (Å²) in [6.45, 7) is 0. The van der Waals surface area contributed by atoms with Gasteiger partial charge in [0, 0.05) is 13.3 Å². The zero-order chi connectivity index (χ0) is 6.69. The van der Waals surface area contributed by atoms with Crippen molar-refractivity contribution in [1.29, 1.82) is 0 Å². The first-order chi connectivity index (χ1) is 4.36. The van der Waals surface area contributed by atoms with Crippen LogP contribution in [-0.2, 0) is 4.74 Å². The highest BCUT2D eigenvalue weighted by Crippen LogP contribution is 2.04. The van der Waals surface area contributed by atoms with Crippen molar-refractivity contribution in [3.63, 3.8) is 0 Å². The zero-order valence-electron chi connectivity index (χ0n) is 5.11. The van der Waals surface area contributed by atoms with Crippen LogP contribution in [0.2, 0.25) is 0 Å². The highest BCUT2D eigenvalue weighted by atomic mass is 16.5. The van der Waals surface area contributed by atoms with Crippen LogP contribution < -0.4 is 0 Å². The van der Waals surface area contributed by atoms with E-state index in [4.69, 9.17) is 9.76 Å². The molecule has 0 spiro atoms. The van der Waals surface area contributed by atoms with Crippen LogP contribution in [0.1, 0.15) is 0 Å². The van der Waals surface area contributed by atoms with Crippen LogP contribution in [0.15, 0.2) is 16.5 Å². The number of hydrogen-bond acceptors (Lipinski definition) is 3. The molecular weight excluding hydrogens is 117 g/mol. The van der Waals surface area contributed by atoms with E-state index in [9.17, 15) is 0 Å². The van der Waals surface area contributed by atoms with Crippen LogP contribution in [0.5, 0.6) is 0 Å². The molecule has 0 amide bonds. The lowest BCUT2D eigenvalue weighted by Gasteiger charge is -1.97. The van der Waals surface area contributed by atoms with Crippen molar-refractivity contribution < 1.29 is 9.76 Å². The van der Waals surface area contributed by atoms with Gasteiger partial charge in [-0.2, -0.15) is 0 Å². The Labute approximate surface area is 54.3 Å². The Morgan fingerprint density at radius 1 is 1.89 bits per heavy atom. The normalized spacial score (nSPS) is 24.2. The first kappa shape index (κ1) is 6.51. The molecule has 0 aliphatic carbocycles. The molecule has 1 N–H and O–H groups in total. The lowest BCUT2D eigenvalue weighted by atomic mass is 9.90. The molecule has 1 atom stereocenters. The van der Waals surface area contributed by atoms with Gasteiger partial charge in [0.15, 0.2) is 6.23 Å². The third-order valence-electron chi connectivity index (χ3n) is 1.10. The van der Waals surface area contributed by atoms with Crippen molar-refractivity contribution in [2.75, 3.05) is 7.11 Å². The Morgan fingerprint density at radius 3 is 3.00 bits per heavy atom. The molecular formula is C5H7BNO2. The van der Waals surface area contributed by atoms with Gasteiger partial charge in [-0.25, -0.2) is 0 Å². The van der Waals surface area contributed by atoms with E-state index in [2.05, 4.69) is 4.99 Å². The van der Waals surface area contributed by atoms with Gasteiger partial charge in [0.1, 0.15) is 0 Å². The van der Waals surface area contributed by atoms with Crippen LogP contribution >= 0.6 is 0 Å². The van der Waals surface area contributed by atoms with Gasteiger partial charge in [-0.15, -0.1) is 0 Å². The SMILES string of the molecule is COC1C=C([B]O)C=N1. The smallest absolute Gasteiger partial charge is 0.328 e. The first-order valence-corrected chi connectivity index (χ1v) is 2.62. The van der Waals surface area contributed by atoms with E-state index in [1.165, 1.54) is 0 Å². The Kier molecular flexibility index (Phi) is 2.03. The topological polar surface area (TPSA) is 41.8 Å². The Balaban J connectivity index is 2.52. The van der Waals surface area contributed by atoms with Crippen LogP contribution in [0.25, 0.3) is 0 Å². The second kappa shape index (κ2) is 2.80. The predicted octanol–water partition coefficient (Wildman–Crippen LogP) is -0.461. The molecule has 0 fully saturated rings. The summed E-state index contributed by atoms with van der Waals surface area (Å²) in [7, 11) is 2.57. The minimum absolute atomic E-state index is 0.205. The summed E-state index contributed by atoms with van der Waals surface area (Å²) in [6, 6.07) is 0. The minimum atomic E-state index is -0.205. The van der Waals surface area contributed by atoms with Crippen molar-refractivity contribution in [2.24, 2.45) is 4.99 Å². The number of allylic oxidation sites excluding steroid dienone is 1. The van der Waals surface area contributed by atoms with E-state index >= 15 is 0 Å². The lowest BCUT2D eigenvalue weighted by molar-refractivity contribution is 0.151. The highest BCUT2D eigenvalue weighted by Gasteiger charge is 2.08. The lowest BCUT2D eigenvalue weighted by Crippen LogP contribution is -1.99. The van der Waals surface area contributed by atoms with Crippen LogP contribution in [0.3, 0.4) is 0 Å². The van der Waals surface area contributed by atoms with E-state index in [1.54, 1.807) is 19.4 Å². The fourth-order valence-corrected chi connectivity index (χ4v) is 0.615. The number of nitrogens with zero attached hydrogens (tertiary/aromatic N) is 1. The van der Waals surface area contributed by atoms with E-state index in [1.807, 2.05) is 0 Å². The quantitative estimate of drug-likeness (QED) is 0.506. The fourth-order valence-electron chi connectivity index (χ4n) is 0.615. The molecule has 0 aromatic heterocycles. The second-order valence-electron chi connectivity index (χ2n) is 1.70. The maximum absolute atomic E-state index is 8.44. The average Bonchev–Trinajstić information content (AvgIpc) is 2.34. The molecule has 1 rings (SSSR count). The number of methoxy groups -OCH3 is 1. The summed E-state index contributed by atoms with van der Waals surface area (Å²) >= 11 is 0. The molecule has 0 aromatic carbocycles. The molecule has 1 radical (unpaired) electrons. The molecule has 1 aliphatic rings. The molecule has 47 valence electrons. The third kappa shape index (κ3) is 1.40. The van der Waals surface area contributed by atoms with Gasteiger partial charge in [0.2, 0.25) is 0 Å². The molecule has 3 nitrogen and oxygen atoms in total. The molecule has 0 bridgehead atoms. The molecule has 4 heteroatoms. The first-order valence-electron chi connectivity index (χ1n) is 2.62. The Hall–Kier alpha value is -0.605. The summed E-state index contributed by atoms with van der Waals surface area (Å²) in [6.07, 6.45) is 3.08. The number of rotatable bonds is 2. The van der Waals surface area contributed by atoms with Gasteiger partial charge in [-0.1, -0.05) is 0 Å². The minimum Gasteiger partial charge on any atom is -0.450 e. The zero-order valence-corrected chi connectivity index (χ0v) is 5.11. The van der Waals surface area contributed by atoms with Gasteiger partial charge >= 0.3 is 7.48 Å². The van der Waals surface area contributed by atoms with Gasteiger partial charge in [0.05, 0.1) is 0 Å².